The van der Waals surface area contributed by atoms with Crippen LogP contribution in [0, 0.1) is 12.7 Å². The summed E-state index contributed by atoms with van der Waals surface area (Å²) in [6.07, 6.45) is -8.62. The van der Waals surface area contributed by atoms with Gasteiger partial charge in [-0.1, -0.05) is 0 Å². The second-order valence-corrected chi connectivity index (χ2v) is 7.64. The number of hydrogen-bond donors (Lipinski definition) is 0. The Morgan fingerprint density at radius 1 is 1.22 bits per heavy atom. The molecular weight excluding hydrogens is 401 g/mol. The fraction of sp³-hybridized carbons (Fsp3) is 0.562. The van der Waals surface area contributed by atoms with Gasteiger partial charge in [0.2, 0.25) is 5.75 Å². The van der Waals surface area contributed by atoms with Crippen molar-refractivity contribution in [3.05, 3.63) is 23.5 Å². The second-order valence-electron chi connectivity index (χ2n) is 6.22. The summed E-state index contributed by atoms with van der Waals surface area (Å²) in [6, 6.07) is -0.0323. The van der Waals surface area contributed by atoms with Crippen molar-refractivity contribution in [2.45, 2.75) is 50.0 Å². The van der Waals surface area contributed by atoms with Gasteiger partial charge in [-0.25, -0.2) is 9.38 Å². The van der Waals surface area contributed by atoms with E-state index in [1.165, 1.54) is 6.92 Å². The van der Waals surface area contributed by atoms with Crippen LogP contribution in [-0.4, -0.2) is 46.0 Å². The zero-order valence-corrected chi connectivity index (χ0v) is 15.2. The summed E-state index contributed by atoms with van der Waals surface area (Å²) in [4.78, 5) is 4.65. The maximum absolute atomic E-state index is 14.2. The first-order valence-electron chi connectivity index (χ1n) is 7.96. The van der Waals surface area contributed by atoms with E-state index in [0.717, 1.165) is 24.0 Å². The Labute approximate surface area is 154 Å². The molecule has 1 saturated heterocycles. The van der Waals surface area contributed by atoms with Crippen LogP contribution in [0.2, 0.25) is 0 Å². The first kappa shape index (κ1) is 21.8. The van der Waals surface area contributed by atoms with Crippen LogP contribution in [0.3, 0.4) is 0 Å². The number of halogens is 7. The van der Waals surface area contributed by atoms with Crippen molar-refractivity contribution in [3.63, 3.8) is 0 Å². The Kier molecular flexibility index (Phi) is 6.35. The number of nitrogens with zero attached hydrogens (tertiary/aromatic N) is 2. The molecular formula is C16H17F7N2OS. The summed E-state index contributed by atoms with van der Waals surface area (Å²) in [7, 11) is 0. The molecule has 2 unspecified atom stereocenters. The van der Waals surface area contributed by atoms with E-state index >= 15 is 0 Å². The molecule has 0 aromatic heterocycles. The SMILES string of the molecule is Cc1cc(F)c(/N=C2\CCCN2C(C)C(F)(F)F)cc1[S+]([O-])CC(F)(F)F. The summed E-state index contributed by atoms with van der Waals surface area (Å²) in [5, 5.41) is 0. The lowest BCUT2D eigenvalue weighted by Gasteiger charge is -2.28. The fourth-order valence-corrected chi connectivity index (χ4v) is 3.85. The molecule has 0 amide bonds. The topological polar surface area (TPSA) is 38.7 Å². The van der Waals surface area contributed by atoms with E-state index in [-0.39, 0.29) is 29.3 Å². The monoisotopic (exact) mass is 418 g/mol. The standard InChI is InChI=1S/C16H17F7N2OS/c1-9-6-11(17)12(7-13(9)27(26)8-15(18,19)20)24-14-4-3-5-25(14)10(2)16(21,22)23/h6-7,10H,3-5,8H2,1-2H3/b24-14+. The number of amidine groups is 1. The number of hydrogen-bond acceptors (Lipinski definition) is 2. The van der Waals surface area contributed by atoms with Crippen LogP contribution in [0.1, 0.15) is 25.3 Å². The van der Waals surface area contributed by atoms with E-state index in [1.54, 1.807) is 0 Å². The molecule has 1 fully saturated rings. The number of aryl methyl sites for hydroxylation is 1. The third kappa shape index (κ3) is 5.50. The van der Waals surface area contributed by atoms with Crippen molar-refractivity contribution < 1.29 is 35.3 Å². The first-order valence-corrected chi connectivity index (χ1v) is 9.27. The van der Waals surface area contributed by atoms with Gasteiger partial charge >= 0.3 is 12.4 Å². The van der Waals surface area contributed by atoms with Crippen LogP contribution >= 0.6 is 0 Å². The molecule has 1 aromatic carbocycles. The molecule has 0 aliphatic carbocycles. The van der Waals surface area contributed by atoms with Crippen molar-refractivity contribution in [2.75, 3.05) is 12.3 Å². The van der Waals surface area contributed by atoms with Crippen LogP contribution in [-0.2, 0) is 11.2 Å². The number of aliphatic imine (C=N–C) groups is 1. The van der Waals surface area contributed by atoms with E-state index in [4.69, 9.17) is 0 Å². The predicted molar refractivity (Wildman–Crippen MR) is 87.0 cm³/mol. The highest BCUT2D eigenvalue weighted by molar-refractivity contribution is 7.91. The van der Waals surface area contributed by atoms with Crippen LogP contribution in [0.15, 0.2) is 22.0 Å². The van der Waals surface area contributed by atoms with Crippen LogP contribution in [0.25, 0.3) is 0 Å². The predicted octanol–water partition coefficient (Wildman–Crippen LogP) is 4.88. The Hall–Kier alpha value is -1.49. The van der Waals surface area contributed by atoms with Gasteiger partial charge in [0.1, 0.15) is 23.4 Å². The van der Waals surface area contributed by atoms with E-state index in [1.807, 2.05) is 0 Å². The molecule has 2 atom stereocenters. The van der Waals surface area contributed by atoms with Gasteiger partial charge in [0, 0.05) is 24.6 Å². The smallest absolute Gasteiger partial charge is 0.433 e. The highest BCUT2D eigenvalue weighted by Crippen LogP contribution is 2.33. The molecule has 0 radical (unpaired) electrons. The molecule has 152 valence electrons. The first-order chi connectivity index (χ1) is 12.3. The highest BCUT2D eigenvalue weighted by atomic mass is 32.2. The fourth-order valence-electron chi connectivity index (χ4n) is 2.73. The molecule has 0 saturated carbocycles. The van der Waals surface area contributed by atoms with Crippen LogP contribution < -0.4 is 0 Å². The number of alkyl halides is 6. The molecule has 1 heterocycles. The lowest BCUT2D eigenvalue weighted by molar-refractivity contribution is -0.167. The molecule has 0 bridgehead atoms. The minimum atomic E-state index is -4.68. The quantitative estimate of drug-likeness (QED) is 0.516. The molecule has 3 nitrogen and oxygen atoms in total. The van der Waals surface area contributed by atoms with Gasteiger partial charge in [-0.15, -0.1) is 0 Å². The van der Waals surface area contributed by atoms with Gasteiger partial charge in [-0.2, -0.15) is 26.3 Å². The number of rotatable bonds is 4. The van der Waals surface area contributed by atoms with Crippen molar-refractivity contribution in [3.8, 4) is 0 Å². The minimum absolute atomic E-state index is 0.00451. The van der Waals surface area contributed by atoms with Gasteiger partial charge in [-0.05, 0) is 37.5 Å². The average molecular weight is 418 g/mol. The zero-order valence-electron chi connectivity index (χ0n) is 14.4. The van der Waals surface area contributed by atoms with E-state index in [0.29, 0.717) is 6.42 Å². The van der Waals surface area contributed by atoms with Crippen LogP contribution in [0.4, 0.5) is 36.4 Å². The lowest BCUT2D eigenvalue weighted by atomic mass is 10.2. The van der Waals surface area contributed by atoms with E-state index in [9.17, 15) is 35.3 Å². The molecule has 27 heavy (non-hydrogen) atoms. The Balaban J connectivity index is 2.38. The van der Waals surface area contributed by atoms with E-state index < -0.39 is 46.8 Å². The highest BCUT2D eigenvalue weighted by Gasteiger charge is 2.42. The maximum atomic E-state index is 14.2. The molecule has 1 aliphatic heterocycles. The molecule has 11 heteroatoms. The molecule has 1 aromatic rings. The minimum Gasteiger partial charge on any atom is -0.611 e. The second kappa shape index (κ2) is 7.86. The van der Waals surface area contributed by atoms with Gasteiger partial charge in [0.25, 0.3) is 0 Å². The Morgan fingerprint density at radius 3 is 2.41 bits per heavy atom. The van der Waals surface area contributed by atoms with Gasteiger partial charge < -0.3 is 9.45 Å². The summed E-state index contributed by atoms with van der Waals surface area (Å²) in [5.74, 6) is -2.51. The lowest BCUT2D eigenvalue weighted by Crippen LogP contribution is -2.44. The largest absolute Gasteiger partial charge is 0.611 e. The van der Waals surface area contributed by atoms with E-state index in [2.05, 4.69) is 4.99 Å². The summed E-state index contributed by atoms with van der Waals surface area (Å²) >= 11 is -2.47. The van der Waals surface area contributed by atoms with Crippen molar-refractivity contribution in [1.29, 1.82) is 0 Å². The average Bonchev–Trinajstić information content (AvgIpc) is 2.94. The molecule has 2 rings (SSSR count). The third-order valence-electron chi connectivity index (χ3n) is 4.11. The van der Waals surface area contributed by atoms with Crippen molar-refractivity contribution >= 4 is 22.7 Å². The summed E-state index contributed by atoms with van der Waals surface area (Å²) < 4.78 is 102. The number of likely N-dealkylation sites (tertiary alicyclic amines) is 1. The van der Waals surface area contributed by atoms with Gasteiger partial charge in [0.05, 0.1) is 0 Å². The molecule has 1 aliphatic rings. The number of benzene rings is 1. The summed E-state index contributed by atoms with van der Waals surface area (Å²) in [5.41, 5.74) is -0.381. The maximum Gasteiger partial charge on any atom is 0.433 e. The van der Waals surface area contributed by atoms with Crippen molar-refractivity contribution in [2.24, 2.45) is 4.99 Å². The third-order valence-corrected chi connectivity index (χ3v) is 5.63. The Morgan fingerprint density at radius 2 is 1.85 bits per heavy atom. The normalized spacial score (nSPS) is 19.6. The summed E-state index contributed by atoms with van der Waals surface area (Å²) in [6.45, 7) is 2.34. The molecule has 0 spiro atoms. The van der Waals surface area contributed by atoms with Gasteiger partial charge in [0.15, 0.2) is 4.90 Å². The van der Waals surface area contributed by atoms with Crippen molar-refractivity contribution in [1.82, 2.24) is 4.90 Å². The van der Waals surface area contributed by atoms with Crippen LogP contribution in [0.5, 0.6) is 0 Å². The van der Waals surface area contributed by atoms with Gasteiger partial charge in [-0.3, -0.25) is 0 Å². The Bertz CT molecular complexity index is 718. The zero-order chi connectivity index (χ0) is 20.6. The molecule has 0 N–H and O–H groups in total.